The van der Waals surface area contributed by atoms with E-state index >= 15 is 0 Å². The summed E-state index contributed by atoms with van der Waals surface area (Å²) in [7, 11) is 0. The van der Waals surface area contributed by atoms with E-state index in [1.165, 1.54) is 5.56 Å². The van der Waals surface area contributed by atoms with Crippen molar-refractivity contribution in [2.24, 2.45) is 5.73 Å². The van der Waals surface area contributed by atoms with Crippen LogP contribution in [0.15, 0.2) is 30.3 Å². The van der Waals surface area contributed by atoms with E-state index in [4.69, 9.17) is 5.73 Å². The number of nitrogens with two attached hydrogens (primary N) is 1. The van der Waals surface area contributed by atoms with Crippen LogP contribution < -0.4 is 5.73 Å². The molecule has 0 heterocycles. The van der Waals surface area contributed by atoms with Crippen LogP contribution in [0.1, 0.15) is 31.7 Å². The van der Waals surface area contributed by atoms with Crippen LogP contribution in [0.25, 0.3) is 0 Å². The van der Waals surface area contributed by atoms with E-state index in [9.17, 15) is 5.11 Å². The minimum absolute atomic E-state index is 0.554. The molecular formula is C13H21NO. The van der Waals surface area contributed by atoms with E-state index in [0.29, 0.717) is 13.0 Å². The second-order valence-corrected chi connectivity index (χ2v) is 4.37. The van der Waals surface area contributed by atoms with Crippen LogP contribution in [0.4, 0.5) is 0 Å². The lowest BCUT2D eigenvalue weighted by molar-refractivity contribution is 0.0426. The highest BCUT2D eigenvalue weighted by Crippen LogP contribution is 2.17. The Kier molecular flexibility index (Phi) is 4.79. The Morgan fingerprint density at radius 2 is 1.87 bits per heavy atom. The van der Waals surface area contributed by atoms with Crippen molar-refractivity contribution >= 4 is 0 Å². The van der Waals surface area contributed by atoms with Gasteiger partial charge in [0, 0.05) is 0 Å². The van der Waals surface area contributed by atoms with Crippen molar-refractivity contribution in [3.63, 3.8) is 0 Å². The third kappa shape index (κ3) is 4.96. The Bertz CT molecular complexity index is 269. The highest BCUT2D eigenvalue weighted by Gasteiger charge is 2.18. The molecule has 0 spiro atoms. The highest BCUT2D eigenvalue weighted by molar-refractivity contribution is 5.14. The van der Waals surface area contributed by atoms with Crippen molar-refractivity contribution in [1.29, 1.82) is 0 Å². The van der Waals surface area contributed by atoms with Gasteiger partial charge in [-0.15, -0.1) is 0 Å². The standard InChI is InChI=1S/C13H21NO/c1-13(15,10-11-14)9-5-8-12-6-3-2-4-7-12/h2-4,6-7,15H,5,8-11,14H2,1H3. The van der Waals surface area contributed by atoms with Gasteiger partial charge in [0.25, 0.3) is 0 Å². The zero-order chi connectivity index (χ0) is 11.1. The maximum absolute atomic E-state index is 9.91. The summed E-state index contributed by atoms with van der Waals surface area (Å²) < 4.78 is 0. The predicted octanol–water partition coefficient (Wildman–Crippen LogP) is 2.11. The van der Waals surface area contributed by atoms with E-state index in [1.54, 1.807) is 0 Å². The number of rotatable bonds is 6. The molecule has 0 aromatic heterocycles. The second kappa shape index (κ2) is 5.89. The van der Waals surface area contributed by atoms with E-state index < -0.39 is 5.60 Å². The van der Waals surface area contributed by atoms with Crippen LogP contribution in [0.2, 0.25) is 0 Å². The van der Waals surface area contributed by atoms with Crippen molar-refractivity contribution in [3.8, 4) is 0 Å². The molecule has 2 heteroatoms. The largest absolute Gasteiger partial charge is 0.390 e. The zero-order valence-corrected chi connectivity index (χ0v) is 9.45. The molecule has 1 aromatic rings. The quantitative estimate of drug-likeness (QED) is 0.750. The van der Waals surface area contributed by atoms with Gasteiger partial charge >= 0.3 is 0 Å². The van der Waals surface area contributed by atoms with Crippen LogP contribution in [0.5, 0.6) is 0 Å². The molecular weight excluding hydrogens is 186 g/mol. The molecule has 1 aromatic carbocycles. The lowest BCUT2D eigenvalue weighted by Crippen LogP contribution is -2.27. The molecule has 0 radical (unpaired) electrons. The van der Waals surface area contributed by atoms with Gasteiger partial charge in [0.15, 0.2) is 0 Å². The van der Waals surface area contributed by atoms with Gasteiger partial charge in [-0.1, -0.05) is 30.3 Å². The fourth-order valence-electron chi connectivity index (χ4n) is 1.75. The van der Waals surface area contributed by atoms with Crippen molar-refractivity contribution in [3.05, 3.63) is 35.9 Å². The summed E-state index contributed by atoms with van der Waals surface area (Å²) in [6.07, 6.45) is 3.54. The molecule has 0 saturated heterocycles. The van der Waals surface area contributed by atoms with E-state index in [2.05, 4.69) is 12.1 Å². The average molecular weight is 207 g/mol. The number of hydrogen-bond donors (Lipinski definition) is 2. The van der Waals surface area contributed by atoms with Crippen LogP contribution >= 0.6 is 0 Å². The average Bonchev–Trinajstić information content (AvgIpc) is 2.19. The SMILES string of the molecule is CC(O)(CCN)CCCc1ccccc1. The smallest absolute Gasteiger partial charge is 0.0631 e. The van der Waals surface area contributed by atoms with Gasteiger partial charge in [-0.3, -0.25) is 0 Å². The first kappa shape index (κ1) is 12.2. The molecule has 1 atom stereocenters. The summed E-state index contributed by atoms with van der Waals surface area (Å²) in [6.45, 7) is 2.42. The molecule has 2 nitrogen and oxygen atoms in total. The molecule has 0 amide bonds. The normalized spacial score (nSPS) is 14.9. The molecule has 3 N–H and O–H groups in total. The molecule has 0 saturated carbocycles. The minimum Gasteiger partial charge on any atom is -0.390 e. The van der Waals surface area contributed by atoms with E-state index in [0.717, 1.165) is 19.3 Å². The monoisotopic (exact) mass is 207 g/mol. The molecule has 0 aliphatic carbocycles. The highest BCUT2D eigenvalue weighted by atomic mass is 16.3. The van der Waals surface area contributed by atoms with E-state index in [1.807, 2.05) is 25.1 Å². The Morgan fingerprint density at radius 1 is 1.20 bits per heavy atom. The fourth-order valence-corrected chi connectivity index (χ4v) is 1.75. The topological polar surface area (TPSA) is 46.2 Å². The molecule has 1 rings (SSSR count). The molecule has 0 bridgehead atoms. The van der Waals surface area contributed by atoms with Crippen molar-refractivity contribution in [2.45, 2.75) is 38.2 Å². The Balaban J connectivity index is 2.27. The third-order valence-corrected chi connectivity index (χ3v) is 2.71. The van der Waals surface area contributed by atoms with E-state index in [-0.39, 0.29) is 0 Å². The summed E-state index contributed by atoms with van der Waals surface area (Å²) in [4.78, 5) is 0. The molecule has 1 unspecified atom stereocenters. The minimum atomic E-state index is -0.594. The maximum atomic E-state index is 9.91. The summed E-state index contributed by atoms with van der Waals surface area (Å²) in [6, 6.07) is 10.4. The number of aryl methyl sites for hydroxylation is 1. The first-order chi connectivity index (χ1) is 7.14. The lowest BCUT2D eigenvalue weighted by atomic mass is 9.94. The molecule has 0 aliphatic heterocycles. The molecule has 15 heavy (non-hydrogen) atoms. The maximum Gasteiger partial charge on any atom is 0.0631 e. The second-order valence-electron chi connectivity index (χ2n) is 4.37. The van der Waals surface area contributed by atoms with Crippen molar-refractivity contribution < 1.29 is 5.11 Å². The van der Waals surface area contributed by atoms with Gasteiger partial charge in [-0.2, -0.15) is 0 Å². The van der Waals surface area contributed by atoms with Gasteiger partial charge in [0.2, 0.25) is 0 Å². The van der Waals surface area contributed by atoms with Crippen molar-refractivity contribution in [1.82, 2.24) is 0 Å². The number of benzene rings is 1. The van der Waals surface area contributed by atoms with Crippen LogP contribution in [0.3, 0.4) is 0 Å². The molecule has 0 aliphatic rings. The predicted molar refractivity (Wildman–Crippen MR) is 63.7 cm³/mol. The summed E-state index contributed by atoms with van der Waals surface area (Å²) >= 11 is 0. The molecule has 0 fully saturated rings. The van der Waals surface area contributed by atoms with Gasteiger partial charge in [-0.05, 0) is 44.7 Å². The van der Waals surface area contributed by atoms with Gasteiger partial charge in [-0.25, -0.2) is 0 Å². The number of hydrogen-bond acceptors (Lipinski definition) is 2. The summed E-state index contributed by atoms with van der Waals surface area (Å²) in [5.74, 6) is 0. The molecule has 84 valence electrons. The fraction of sp³-hybridized carbons (Fsp3) is 0.538. The lowest BCUT2D eigenvalue weighted by Gasteiger charge is -2.22. The van der Waals surface area contributed by atoms with Gasteiger partial charge < -0.3 is 10.8 Å². The van der Waals surface area contributed by atoms with Crippen LogP contribution in [-0.2, 0) is 6.42 Å². The van der Waals surface area contributed by atoms with Crippen LogP contribution in [-0.4, -0.2) is 17.3 Å². The Labute approximate surface area is 92.1 Å². The zero-order valence-electron chi connectivity index (χ0n) is 9.45. The number of aliphatic hydroxyl groups is 1. The summed E-state index contributed by atoms with van der Waals surface area (Å²) in [5, 5.41) is 9.91. The van der Waals surface area contributed by atoms with Gasteiger partial charge in [0.1, 0.15) is 0 Å². The van der Waals surface area contributed by atoms with Gasteiger partial charge in [0.05, 0.1) is 5.60 Å². The Morgan fingerprint density at radius 3 is 2.47 bits per heavy atom. The first-order valence-electron chi connectivity index (χ1n) is 5.60. The third-order valence-electron chi connectivity index (χ3n) is 2.71. The first-order valence-corrected chi connectivity index (χ1v) is 5.60. The van der Waals surface area contributed by atoms with Crippen LogP contribution in [0, 0.1) is 0 Å². The summed E-state index contributed by atoms with van der Waals surface area (Å²) in [5.41, 5.74) is 6.18. The van der Waals surface area contributed by atoms with Crippen molar-refractivity contribution in [2.75, 3.05) is 6.54 Å². The Hall–Kier alpha value is -0.860.